The summed E-state index contributed by atoms with van der Waals surface area (Å²) in [6.45, 7) is 4.11. The van der Waals surface area contributed by atoms with Crippen LogP contribution in [0.4, 0.5) is 0 Å². The van der Waals surface area contributed by atoms with Crippen molar-refractivity contribution in [1.82, 2.24) is 0 Å². The molecule has 12 heavy (non-hydrogen) atoms. The Balaban J connectivity index is 3.68. The molecular formula is C10H18O2. The number of aldehydes is 1. The van der Waals surface area contributed by atoms with Gasteiger partial charge in [-0.25, -0.2) is 0 Å². The number of aliphatic hydroxyl groups excluding tert-OH is 1. The second-order valence-electron chi connectivity index (χ2n) is 3.09. The quantitative estimate of drug-likeness (QED) is 0.488. The Hall–Kier alpha value is -0.630. The van der Waals surface area contributed by atoms with Crippen molar-refractivity contribution in [3.63, 3.8) is 0 Å². The Morgan fingerprint density at radius 3 is 2.67 bits per heavy atom. The Morgan fingerprint density at radius 2 is 2.17 bits per heavy atom. The molecular weight excluding hydrogens is 152 g/mol. The molecule has 0 amide bonds. The van der Waals surface area contributed by atoms with Crippen LogP contribution >= 0.6 is 0 Å². The summed E-state index contributed by atoms with van der Waals surface area (Å²) in [4.78, 5) is 9.95. The third kappa shape index (κ3) is 5.08. The van der Waals surface area contributed by atoms with Crippen molar-refractivity contribution in [2.24, 2.45) is 5.92 Å². The first-order valence-corrected chi connectivity index (χ1v) is 4.50. The highest BCUT2D eigenvalue weighted by Gasteiger charge is 2.08. The smallest absolute Gasteiger partial charge is 0.123 e. The van der Waals surface area contributed by atoms with E-state index in [0.717, 1.165) is 19.1 Å². The minimum atomic E-state index is -0.398. The highest BCUT2D eigenvalue weighted by atomic mass is 16.3. The number of carbonyl (C=O) groups is 1. The van der Waals surface area contributed by atoms with E-state index >= 15 is 0 Å². The average molecular weight is 170 g/mol. The van der Waals surface area contributed by atoms with E-state index in [4.69, 9.17) is 0 Å². The van der Waals surface area contributed by atoms with Crippen molar-refractivity contribution in [3.8, 4) is 0 Å². The molecule has 0 rings (SSSR count). The molecule has 0 aromatic heterocycles. The zero-order chi connectivity index (χ0) is 9.40. The van der Waals surface area contributed by atoms with Gasteiger partial charge in [0.2, 0.25) is 0 Å². The molecule has 0 saturated heterocycles. The van der Waals surface area contributed by atoms with Crippen LogP contribution in [0.1, 0.15) is 33.1 Å². The van der Waals surface area contributed by atoms with Gasteiger partial charge in [0.05, 0.1) is 6.10 Å². The predicted octanol–water partition coefficient (Wildman–Crippen LogP) is 1.93. The third-order valence-corrected chi connectivity index (χ3v) is 1.89. The zero-order valence-electron chi connectivity index (χ0n) is 7.86. The highest BCUT2D eigenvalue weighted by Crippen LogP contribution is 2.11. The lowest BCUT2D eigenvalue weighted by molar-refractivity contribution is -0.107. The average Bonchev–Trinajstić information content (AvgIpc) is 2.05. The van der Waals surface area contributed by atoms with Gasteiger partial charge in [-0.3, -0.25) is 0 Å². The van der Waals surface area contributed by atoms with Gasteiger partial charge in [0.25, 0.3) is 0 Å². The van der Waals surface area contributed by atoms with Gasteiger partial charge in [0.1, 0.15) is 6.29 Å². The lowest BCUT2D eigenvalue weighted by Gasteiger charge is -2.13. The lowest BCUT2D eigenvalue weighted by Crippen LogP contribution is -2.14. The van der Waals surface area contributed by atoms with Crippen LogP contribution < -0.4 is 0 Å². The second-order valence-corrected chi connectivity index (χ2v) is 3.09. The van der Waals surface area contributed by atoms with Gasteiger partial charge in [-0.15, -0.1) is 0 Å². The maximum absolute atomic E-state index is 9.95. The van der Waals surface area contributed by atoms with Gasteiger partial charge >= 0.3 is 0 Å². The van der Waals surface area contributed by atoms with Crippen LogP contribution in [0.15, 0.2) is 12.2 Å². The molecule has 0 bridgehead atoms. The Morgan fingerprint density at radius 1 is 1.50 bits per heavy atom. The van der Waals surface area contributed by atoms with Crippen LogP contribution in [-0.2, 0) is 4.79 Å². The number of allylic oxidation sites excluding steroid dienone is 1. The van der Waals surface area contributed by atoms with Crippen LogP contribution in [0.2, 0.25) is 0 Å². The summed E-state index contributed by atoms with van der Waals surface area (Å²) < 4.78 is 0. The maximum atomic E-state index is 9.95. The molecule has 0 aliphatic carbocycles. The molecule has 70 valence electrons. The van der Waals surface area contributed by atoms with Crippen LogP contribution in [0.5, 0.6) is 0 Å². The van der Waals surface area contributed by atoms with E-state index in [1.54, 1.807) is 12.2 Å². The number of aliphatic hydroxyl groups is 1. The monoisotopic (exact) mass is 170 g/mol. The Kier molecular flexibility index (Phi) is 6.67. The molecule has 0 aromatic carbocycles. The minimum Gasteiger partial charge on any atom is -0.389 e. The van der Waals surface area contributed by atoms with E-state index in [1.165, 1.54) is 0 Å². The van der Waals surface area contributed by atoms with Gasteiger partial charge in [-0.05, 0) is 12.3 Å². The van der Waals surface area contributed by atoms with Gasteiger partial charge < -0.3 is 9.90 Å². The Labute approximate surface area is 74.3 Å². The minimum absolute atomic E-state index is 0.290. The summed E-state index contributed by atoms with van der Waals surface area (Å²) in [5.41, 5.74) is 0. The van der Waals surface area contributed by atoms with E-state index in [1.807, 2.05) is 6.92 Å². The summed E-state index contributed by atoms with van der Waals surface area (Å²) in [7, 11) is 0. The molecule has 0 heterocycles. The molecule has 2 nitrogen and oxygen atoms in total. The molecule has 0 spiro atoms. The maximum Gasteiger partial charge on any atom is 0.123 e. The van der Waals surface area contributed by atoms with Crippen LogP contribution in [-0.4, -0.2) is 17.5 Å². The number of carbonyl (C=O) groups excluding carboxylic acids is 1. The summed E-state index contributed by atoms with van der Waals surface area (Å²) in [6, 6.07) is 0. The normalized spacial score (nSPS) is 16.2. The van der Waals surface area contributed by atoms with Crippen LogP contribution in [0, 0.1) is 5.92 Å². The number of rotatable bonds is 6. The molecule has 1 N–H and O–H groups in total. The molecule has 0 radical (unpaired) electrons. The van der Waals surface area contributed by atoms with E-state index in [9.17, 15) is 9.90 Å². The predicted molar refractivity (Wildman–Crippen MR) is 49.9 cm³/mol. The van der Waals surface area contributed by atoms with E-state index < -0.39 is 6.10 Å². The summed E-state index contributed by atoms with van der Waals surface area (Å²) >= 11 is 0. The standard InChI is InChI=1S/C10H18O2/c1-3-6-9(2)10(12)7-4-5-8-11/h4,7-10,12H,3,5-6H2,1-2H3. The fourth-order valence-electron chi connectivity index (χ4n) is 1.09. The first-order chi connectivity index (χ1) is 5.72. The SMILES string of the molecule is CCCC(C)C(O)C=CCC=O. The van der Waals surface area contributed by atoms with E-state index in [0.29, 0.717) is 6.42 Å². The van der Waals surface area contributed by atoms with Crippen molar-refractivity contribution in [3.05, 3.63) is 12.2 Å². The fourth-order valence-corrected chi connectivity index (χ4v) is 1.09. The van der Waals surface area contributed by atoms with Crippen molar-refractivity contribution in [2.45, 2.75) is 39.2 Å². The second kappa shape index (κ2) is 7.04. The molecule has 2 unspecified atom stereocenters. The molecule has 0 fully saturated rings. The third-order valence-electron chi connectivity index (χ3n) is 1.89. The molecule has 0 saturated carbocycles. The van der Waals surface area contributed by atoms with Gasteiger partial charge in [0, 0.05) is 6.42 Å². The van der Waals surface area contributed by atoms with Gasteiger partial charge in [-0.2, -0.15) is 0 Å². The molecule has 2 atom stereocenters. The van der Waals surface area contributed by atoms with Crippen LogP contribution in [0.3, 0.4) is 0 Å². The Bertz CT molecular complexity index is 141. The molecule has 0 aliphatic heterocycles. The van der Waals surface area contributed by atoms with Crippen molar-refractivity contribution in [1.29, 1.82) is 0 Å². The number of hydrogen-bond acceptors (Lipinski definition) is 2. The largest absolute Gasteiger partial charge is 0.389 e. The van der Waals surface area contributed by atoms with Crippen molar-refractivity contribution < 1.29 is 9.90 Å². The first-order valence-electron chi connectivity index (χ1n) is 4.50. The van der Waals surface area contributed by atoms with Crippen molar-refractivity contribution in [2.75, 3.05) is 0 Å². The van der Waals surface area contributed by atoms with Gasteiger partial charge in [0.15, 0.2) is 0 Å². The van der Waals surface area contributed by atoms with E-state index in [2.05, 4.69) is 6.92 Å². The van der Waals surface area contributed by atoms with Crippen molar-refractivity contribution >= 4 is 6.29 Å². The van der Waals surface area contributed by atoms with Crippen LogP contribution in [0.25, 0.3) is 0 Å². The first kappa shape index (κ1) is 11.4. The summed E-state index contributed by atoms with van der Waals surface area (Å²) in [5.74, 6) is 0.290. The summed E-state index contributed by atoms with van der Waals surface area (Å²) in [6.07, 6.45) is 6.35. The topological polar surface area (TPSA) is 37.3 Å². The summed E-state index contributed by atoms with van der Waals surface area (Å²) in [5, 5.41) is 9.47. The molecule has 0 aliphatic rings. The van der Waals surface area contributed by atoms with E-state index in [-0.39, 0.29) is 5.92 Å². The molecule has 2 heteroatoms. The molecule has 0 aromatic rings. The van der Waals surface area contributed by atoms with Gasteiger partial charge in [-0.1, -0.05) is 32.4 Å². The lowest BCUT2D eigenvalue weighted by atomic mass is 9.99. The zero-order valence-corrected chi connectivity index (χ0v) is 7.86. The fraction of sp³-hybridized carbons (Fsp3) is 0.700. The highest BCUT2D eigenvalue weighted by molar-refractivity contribution is 5.51. The number of hydrogen-bond donors (Lipinski definition) is 1.